The molecule has 1 rings (SSSR count). The standard InChI is InChI=1S/C15H30N2O.ClH/c1-4-14(3,5-2)17-13(18)11-15(12-16)9-7-6-8-10-15;/h4-12,16H2,1-3H3,(H,17,18);1H. The Morgan fingerprint density at radius 1 is 1.21 bits per heavy atom. The lowest BCUT2D eigenvalue weighted by molar-refractivity contribution is -0.125. The van der Waals surface area contributed by atoms with Gasteiger partial charge in [0.25, 0.3) is 0 Å². The topological polar surface area (TPSA) is 55.1 Å². The minimum Gasteiger partial charge on any atom is -0.351 e. The Kier molecular flexibility index (Phi) is 7.99. The van der Waals surface area contributed by atoms with E-state index >= 15 is 0 Å². The predicted molar refractivity (Wildman–Crippen MR) is 83.6 cm³/mol. The fourth-order valence-electron chi connectivity index (χ4n) is 2.90. The Morgan fingerprint density at radius 3 is 2.16 bits per heavy atom. The monoisotopic (exact) mass is 290 g/mol. The van der Waals surface area contributed by atoms with Crippen molar-refractivity contribution in [3.05, 3.63) is 0 Å². The van der Waals surface area contributed by atoms with Crippen molar-refractivity contribution in [3.8, 4) is 0 Å². The van der Waals surface area contributed by atoms with Crippen molar-refractivity contribution in [2.24, 2.45) is 11.1 Å². The van der Waals surface area contributed by atoms with E-state index in [0.29, 0.717) is 13.0 Å². The van der Waals surface area contributed by atoms with E-state index in [-0.39, 0.29) is 29.3 Å². The molecule has 1 aliphatic rings. The van der Waals surface area contributed by atoms with Crippen LogP contribution in [0.2, 0.25) is 0 Å². The lowest BCUT2D eigenvalue weighted by Crippen LogP contribution is -2.47. The van der Waals surface area contributed by atoms with Gasteiger partial charge in [0.2, 0.25) is 5.91 Å². The van der Waals surface area contributed by atoms with Crippen LogP contribution in [0.1, 0.15) is 72.1 Å². The van der Waals surface area contributed by atoms with Crippen molar-refractivity contribution in [3.63, 3.8) is 0 Å². The van der Waals surface area contributed by atoms with E-state index in [1.54, 1.807) is 0 Å². The molecule has 0 aromatic carbocycles. The third-order valence-electron chi connectivity index (χ3n) is 4.88. The van der Waals surface area contributed by atoms with Crippen LogP contribution in [-0.4, -0.2) is 18.0 Å². The molecule has 3 nitrogen and oxygen atoms in total. The van der Waals surface area contributed by atoms with Gasteiger partial charge in [-0.3, -0.25) is 4.79 Å². The highest BCUT2D eigenvalue weighted by Crippen LogP contribution is 2.38. The first-order valence-electron chi connectivity index (χ1n) is 7.50. The molecule has 1 fully saturated rings. The zero-order valence-corrected chi connectivity index (χ0v) is 13.6. The Morgan fingerprint density at radius 2 is 1.74 bits per heavy atom. The predicted octanol–water partition coefficient (Wildman–Crippen LogP) is 3.40. The maximum atomic E-state index is 12.2. The van der Waals surface area contributed by atoms with Gasteiger partial charge in [-0.05, 0) is 44.6 Å². The molecule has 0 atom stereocenters. The molecule has 0 saturated heterocycles. The molecule has 0 aromatic heterocycles. The third kappa shape index (κ3) is 5.31. The Balaban J connectivity index is 0.00000324. The highest BCUT2D eigenvalue weighted by Gasteiger charge is 2.34. The smallest absolute Gasteiger partial charge is 0.221 e. The first kappa shape index (κ1) is 18.7. The fourth-order valence-corrected chi connectivity index (χ4v) is 2.90. The molecule has 3 N–H and O–H groups in total. The average Bonchev–Trinajstić information content (AvgIpc) is 2.39. The third-order valence-corrected chi connectivity index (χ3v) is 4.88. The van der Waals surface area contributed by atoms with Crippen LogP contribution in [0.5, 0.6) is 0 Å². The van der Waals surface area contributed by atoms with Gasteiger partial charge in [-0.2, -0.15) is 0 Å². The van der Waals surface area contributed by atoms with Crippen LogP contribution in [0.25, 0.3) is 0 Å². The van der Waals surface area contributed by atoms with Crippen molar-refractivity contribution < 1.29 is 4.79 Å². The van der Waals surface area contributed by atoms with Gasteiger partial charge in [-0.25, -0.2) is 0 Å². The fraction of sp³-hybridized carbons (Fsp3) is 0.933. The van der Waals surface area contributed by atoms with E-state index in [9.17, 15) is 4.79 Å². The molecule has 4 heteroatoms. The quantitative estimate of drug-likeness (QED) is 0.788. The second-order valence-electron chi connectivity index (χ2n) is 6.26. The molecule has 0 radical (unpaired) electrons. The van der Waals surface area contributed by atoms with E-state index < -0.39 is 0 Å². The number of amides is 1. The molecule has 19 heavy (non-hydrogen) atoms. The highest BCUT2D eigenvalue weighted by molar-refractivity contribution is 5.85. The second kappa shape index (κ2) is 8.11. The molecule has 0 heterocycles. The number of hydrogen-bond donors (Lipinski definition) is 2. The van der Waals surface area contributed by atoms with Gasteiger partial charge < -0.3 is 11.1 Å². The van der Waals surface area contributed by atoms with Gasteiger partial charge in [0, 0.05) is 12.0 Å². The molecule has 1 aliphatic carbocycles. The maximum absolute atomic E-state index is 12.2. The summed E-state index contributed by atoms with van der Waals surface area (Å²) >= 11 is 0. The molecule has 0 aromatic rings. The van der Waals surface area contributed by atoms with E-state index in [4.69, 9.17) is 5.73 Å². The highest BCUT2D eigenvalue weighted by atomic mass is 35.5. The van der Waals surface area contributed by atoms with Gasteiger partial charge in [0.15, 0.2) is 0 Å². The van der Waals surface area contributed by atoms with Crippen LogP contribution in [0, 0.1) is 5.41 Å². The number of hydrogen-bond acceptors (Lipinski definition) is 2. The van der Waals surface area contributed by atoms with Crippen LogP contribution in [0.15, 0.2) is 0 Å². The summed E-state index contributed by atoms with van der Waals surface area (Å²) in [4.78, 5) is 12.2. The van der Waals surface area contributed by atoms with E-state index in [2.05, 4.69) is 26.1 Å². The van der Waals surface area contributed by atoms with E-state index in [1.807, 2.05) is 0 Å². The Hall–Kier alpha value is -0.280. The molecule has 114 valence electrons. The van der Waals surface area contributed by atoms with Gasteiger partial charge in [0.1, 0.15) is 0 Å². The minimum atomic E-state index is -0.0540. The number of carbonyl (C=O) groups is 1. The van der Waals surface area contributed by atoms with Crippen LogP contribution in [0.3, 0.4) is 0 Å². The van der Waals surface area contributed by atoms with Gasteiger partial charge in [0.05, 0.1) is 0 Å². The zero-order valence-electron chi connectivity index (χ0n) is 12.8. The summed E-state index contributed by atoms with van der Waals surface area (Å²) in [5.74, 6) is 0.188. The molecule has 0 spiro atoms. The molecule has 0 bridgehead atoms. The summed E-state index contributed by atoms with van der Waals surface area (Å²) in [6.45, 7) is 7.03. The maximum Gasteiger partial charge on any atom is 0.221 e. The van der Waals surface area contributed by atoms with Gasteiger partial charge in [-0.15, -0.1) is 12.4 Å². The van der Waals surface area contributed by atoms with Crippen molar-refractivity contribution in [1.82, 2.24) is 5.32 Å². The Labute approximate surface area is 124 Å². The average molecular weight is 291 g/mol. The first-order chi connectivity index (χ1) is 8.49. The van der Waals surface area contributed by atoms with Gasteiger partial charge in [-0.1, -0.05) is 33.1 Å². The molecule has 0 unspecified atom stereocenters. The SMILES string of the molecule is CCC(C)(CC)NC(=O)CC1(CN)CCCCC1.Cl. The number of rotatable bonds is 6. The van der Waals surface area contributed by atoms with Crippen molar-refractivity contribution in [1.29, 1.82) is 0 Å². The molecule has 0 aliphatic heterocycles. The molecule has 1 amide bonds. The summed E-state index contributed by atoms with van der Waals surface area (Å²) in [6.07, 6.45) is 8.55. The minimum absolute atomic E-state index is 0. The zero-order chi connectivity index (χ0) is 13.6. The first-order valence-corrected chi connectivity index (χ1v) is 7.50. The summed E-state index contributed by atoms with van der Waals surface area (Å²) in [5.41, 5.74) is 5.96. The van der Waals surface area contributed by atoms with E-state index in [1.165, 1.54) is 19.3 Å². The van der Waals surface area contributed by atoms with Gasteiger partial charge >= 0.3 is 0 Å². The van der Waals surface area contributed by atoms with E-state index in [0.717, 1.165) is 25.7 Å². The number of carbonyl (C=O) groups excluding carboxylic acids is 1. The number of nitrogens with one attached hydrogen (secondary N) is 1. The molecular weight excluding hydrogens is 260 g/mol. The molecular formula is C15H31ClN2O. The number of nitrogens with two attached hydrogens (primary N) is 1. The summed E-state index contributed by atoms with van der Waals surface area (Å²) in [5, 5.41) is 3.20. The molecule has 1 saturated carbocycles. The largest absolute Gasteiger partial charge is 0.351 e. The summed E-state index contributed by atoms with van der Waals surface area (Å²) in [6, 6.07) is 0. The summed E-state index contributed by atoms with van der Waals surface area (Å²) < 4.78 is 0. The van der Waals surface area contributed by atoms with Crippen LogP contribution >= 0.6 is 12.4 Å². The lowest BCUT2D eigenvalue weighted by Gasteiger charge is -2.37. The number of halogens is 1. The van der Waals surface area contributed by atoms with Crippen LogP contribution in [-0.2, 0) is 4.79 Å². The van der Waals surface area contributed by atoms with Crippen molar-refractivity contribution >= 4 is 18.3 Å². The van der Waals surface area contributed by atoms with Crippen molar-refractivity contribution in [2.45, 2.75) is 77.7 Å². The Bertz CT molecular complexity index is 271. The van der Waals surface area contributed by atoms with Crippen molar-refractivity contribution in [2.75, 3.05) is 6.54 Å². The second-order valence-corrected chi connectivity index (χ2v) is 6.26. The summed E-state index contributed by atoms with van der Waals surface area (Å²) in [7, 11) is 0. The lowest BCUT2D eigenvalue weighted by atomic mass is 9.71. The van der Waals surface area contributed by atoms with Crippen LogP contribution in [0.4, 0.5) is 0 Å². The normalized spacial score (nSPS) is 18.5. The van der Waals surface area contributed by atoms with Crippen LogP contribution < -0.4 is 11.1 Å².